The van der Waals surface area contributed by atoms with Crippen molar-refractivity contribution in [3.8, 4) is 11.5 Å². The first-order valence-corrected chi connectivity index (χ1v) is 9.03. The van der Waals surface area contributed by atoms with E-state index in [2.05, 4.69) is 20.1 Å². The van der Waals surface area contributed by atoms with Crippen LogP contribution in [0.1, 0.15) is 23.2 Å². The number of pyridine rings is 1. The number of rotatable bonds is 6. The fourth-order valence-corrected chi connectivity index (χ4v) is 3.21. The molecule has 2 N–H and O–H groups in total. The molecule has 1 aromatic carbocycles. The maximum absolute atomic E-state index is 14.1. The molecule has 0 radical (unpaired) electrons. The van der Waals surface area contributed by atoms with Crippen LogP contribution < -0.4 is 5.56 Å². The second-order valence-electron chi connectivity index (χ2n) is 6.62. The van der Waals surface area contributed by atoms with E-state index in [1.54, 1.807) is 30.3 Å². The van der Waals surface area contributed by atoms with E-state index in [4.69, 9.17) is 5.11 Å². The van der Waals surface area contributed by atoms with Crippen molar-refractivity contribution in [3.05, 3.63) is 75.6 Å². The van der Waals surface area contributed by atoms with Crippen LogP contribution in [0.25, 0.3) is 22.6 Å². The van der Waals surface area contributed by atoms with Crippen molar-refractivity contribution in [1.82, 2.24) is 24.7 Å². The van der Waals surface area contributed by atoms with Gasteiger partial charge >= 0.3 is 5.97 Å². The first kappa shape index (κ1) is 20.3. The molecule has 0 aliphatic heterocycles. The van der Waals surface area contributed by atoms with Crippen LogP contribution in [0.3, 0.4) is 0 Å². The lowest BCUT2D eigenvalue weighted by molar-refractivity contribution is -0.136. The van der Waals surface area contributed by atoms with Crippen LogP contribution in [-0.4, -0.2) is 35.8 Å². The summed E-state index contributed by atoms with van der Waals surface area (Å²) in [6.07, 6.45) is -2.57. The molecule has 4 rings (SSSR count). The van der Waals surface area contributed by atoms with E-state index in [1.165, 1.54) is 16.9 Å². The summed E-state index contributed by atoms with van der Waals surface area (Å²) >= 11 is 0. The monoisotopic (exact) mass is 429 g/mol. The van der Waals surface area contributed by atoms with Crippen molar-refractivity contribution in [3.63, 3.8) is 0 Å². The summed E-state index contributed by atoms with van der Waals surface area (Å²) < 4.78 is 42.5. The number of nitrogens with zero attached hydrogens (tertiary/aromatic N) is 4. The third-order valence-corrected chi connectivity index (χ3v) is 4.59. The highest BCUT2D eigenvalue weighted by atomic mass is 19.3. The van der Waals surface area contributed by atoms with E-state index < -0.39 is 41.4 Å². The van der Waals surface area contributed by atoms with Crippen LogP contribution in [0.2, 0.25) is 0 Å². The minimum atomic E-state index is -3.17. The molecule has 3 aromatic heterocycles. The quantitative estimate of drug-likeness (QED) is 0.487. The van der Waals surface area contributed by atoms with Crippen molar-refractivity contribution in [1.29, 1.82) is 0 Å². The average Bonchev–Trinajstić information content (AvgIpc) is 3.09. The van der Waals surface area contributed by atoms with Gasteiger partial charge in [0.2, 0.25) is 0 Å². The largest absolute Gasteiger partial charge is 0.481 e. The van der Waals surface area contributed by atoms with Crippen molar-refractivity contribution >= 4 is 17.0 Å². The number of carbonyl (C=O) groups is 1. The number of alkyl halides is 2. The van der Waals surface area contributed by atoms with Crippen LogP contribution in [0, 0.1) is 5.82 Å². The Bertz CT molecular complexity index is 1350. The molecule has 0 aliphatic carbocycles. The van der Waals surface area contributed by atoms with Gasteiger partial charge in [-0.2, -0.15) is 5.10 Å². The Morgan fingerprint density at radius 3 is 2.68 bits per heavy atom. The van der Waals surface area contributed by atoms with E-state index in [1.807, 2.05) is 0 Å². The second-order valence-corrected chi connectivity index (χ2v) is 6.62. The van der Waals surface area contributed by atoms with Gasteiger partial charge in [-0.25, -0.2) is 27.8 Å². The zero-order valence-corrected chi connectivity index (χ0v) is 15.7. The van der Waals surface area contributed by atoms with Gasteiger partial charge in [-0.15, -0.1) is 0 Å². The van der Waals surface area contributed by atoms with E-state index in [0.29, 0.717) is 16.6 Å². The van der Waals surface area contributed by atoms with E-state index in [0.717, 1.165) is 0 Å². The molecular formula is C20H14F3N5O3. The third kappa shape index (κ3) is 3.89. The van der Waals surface area contributed by atoms with Gasteiger partial charge in [0.05, 0.1) is 23.9 Å². The van der Waals surface area contributed by atoms with Gasteiger partial charge in [-0.3, -0.25) is 9.59 Å². The number of aromatic amines is 1. The number of halogens is 3. The van der Waals surface area contributed by atoms with Crippen LogP contribution in [0.5, 0.6) is 0 Å². The van der Waals surface area contributed by atoms with Crippen molar-refractivity contribution < 1.29 is 23.1 Å². The Balaban J connectivity index is 1.88. The number of H-pyrrole nitrogens is 1. The van der Waals surface area contributed by atoms with Crippen molar-refractivity contribution in [2.45, 2.75) is 19.4 Å². The topological polar surface area (TPSA) is 114 Å². The molecule has 0 saturated carbocycles. The lowest BCUT2D eigenvalue weighted by atomic mass is 10.1. The first-order valence-electron chi connectivity index (χ1n) is 9.03. The molecule has 31 heavy (non-hydrogen) atoms. The highest BCUT2D eigenvalue weighted by Gasteiger charge is 2.24. The van der Waals surface area contributed by atoms with Crippen molar-refractivity contribution in [2.24, 2.45) is 0 Å². The van der Waals surface area contributed by atoms with Crippen LogP contribution in [0.15, 0.2) is 47.4 Å². The Hall–Kier alpha value is -4.02. The molecule has 0 bridgehead atoms. The predicted molar refractivity (Wildman–Crippen MR) is 103 cm³/mol. The first-order chi connectivity index (χ1) is 14.8. The lowest BCUT2D eigenvalue weighted by Crippen LogP contribution is -2.22. The standard InChI is InChI=1S/C20H14F3N5O3/c21-13-6-2-1-4-10(13)9-28-19-11(5-3-7-24-19)16(27-28)18-25-15(17(22)23)12(8-14(29)30)20(31)26-18/h1-7,17H,8-9H2,(H,29,30)(H,25,26,31). The van der Waals surface area contributed by atoms with Gasteiger partial charge < -0.3 is 10.1 Å². The number of hydrogen-bond donors (Lipinski definition) is 2. The number of fused-ring (bicyclic) bond motifs is 1. The Labute approximate surface area is 172 Å². The fourth-order valence-electron chi connectivity index (χ4n) is 3.21. The molecule has 0 amide bonds. The van der Waals surface area contributed by atoms with Crippen LogP contribution in [-0.2, 0) is 17.8 Å². The zero-order valence-electron chi connectivity index (χ0n) is 15.7. The third-order valence-electron chi connectivity index (χ3n) is 4.59. The molecule has 0 spiro atoms. The number of aromatic nitrogens is 5. The smallest absolute Gasteiger partial charge is 0.308 e. The molecule has 0 unspecified atom stereocenters. The van der Waals surface area contributed by atoms with Crippen molar-refractivity contribution in [2.75, 3.05) is 0 Å². The number of benzene rings is 1. The molecule has 8 nitrogen and oxygen atoms in total. The number of carboxylic acid groups (broad SMARTS) is 1. The number of carboxylic acids is 1. The molecule has 0 fully saturated rings. The Morgan fingerprint density at radius 2 is 1.97 bits per heavy atom. The Kier molecular flexibility index (Phi) is 5.24. The van der Waals surface area contributed by atoms with E-state index >= 15 is 0 Å². The summed E-state index contributed by atoms with van der Waals surface area (Å²) in [5, 5.41) is 13.6. The maximum Gasteiger partial charge on any atom is 0.308 e. The summed E-state index contributed by atoms with van der Waals surface area (Å²) in [5.74, 6) is -2.15. The lowest BCUT2D eigenvalue weighted by Gasteiger charge is -2.07. The number of aliphatic carboxylic acids is 1. The maximum atomic E-state index is 14.1. The summed E-state index contributed by atoms with van der Waals surface area (Å²) in [6, 6.07) is 9.27. The number of nitrogens with one attached hydrogen (secondary N) is 1. The molecular weight excluding hydrogens is 415 g/mol. The van der Waals surface area contributed by atoms with E-state index in [9.17, 15) is 22.8 Å². The van der Waals surface area contributed by atoms with Gasteiger partial charge in [0.15, 0.2) is 11.5 Å². The average molecular weight is 429 g/mol. The highest BCUT2D eigenvalue weighted by Crippen LogP contribution is 2.27. The number of hydrogen-bond acceptors (Lipinski definition) is 5. The molecule has 0 aliphatic rings. The van der Waals surface area contributed by atoms with Gasteiger partial charge in [0.25, 0.3) is 12.0 Å². The minimum Gasteiger partial charge on any atom is -0.481 e. The molecule has 3 heterocycles. The van der Waals surface area contributed by atoms with Gasteiger partial charge in [0, 0.05) is 11.8 Å². The van der Waals surface area contributed by atoms with Gasteiger partial charge in [-0.1, -0.05) is 18.2 Å². The van der Waals surface area contributed by atoms with Crippen LogP contribution >= 0.6 is 0 Å². The summed E-state index contributed by atoms with van der Waals surface area (Å²) in [5.41, 5.74) is -1.84. The highest BCUT2D eigenvalue weighted by molar-refractivity contribution is 5.89. The summed E-state index contributed by atoms with van der Waals surface area (Å²) in [6.45, 7) is 0.00320. The molecule has 4 aromatic rings. The minimum absolute atomic E-state index is 0.00320. The second kappa shape index (κ2) is 8.01. The fraction of sp³-hybridized carbons (Fsp3) is 0.150. The zero-order chi connectivity index (χ0) is 22.1. The molecule has 11 heteroatoms. The van der Waals surface area contributed by atoms with Crippen LogP contribution in [0.4, 0.5) is 13.2 Å². The normalized spacial score (nSPS) is 11.4. The summed E-state index contributed by atoms with van der Waals surface area (Å²) in [7, 11) is 0. The molecule has 158 valence electrons. The molecule has 0 saturated heterocycles. The predicted octanol–water partition coefficient (Wildman–Crippen LogP) is 2.93. The van der Waals surface area contributed by atoms with E-state index in [-0.39, 0.29) is 18.1 Å². The Morgan fingerprint density at radius 1 is 1.19 bits per heavy atom. The summed E-state index contributed by atoms with van der Waals surface area (Å²) in [4.78, 5) is 33.7. The van der Waals surface area contributed by atoms with Gasteiger partial charge in [0.1, 0.15) is 17.2 Å². The SMILES string of the molecule is O=C(O)Cc1c(C(F)F)nc(-c2nn(Cc3ccccc3F)c3ncccc23)[nH]c1=O. The van der Waals surface area contributed by atoms with Gasteiger partial charge in [-0.05, 0) is 18.2 Å². The molecule has 0 atom stereocenters.